The first-order chi connectivity index (χ1) is 10.1. The molecule has 0 radical (unpaired) electrons. The molecule has 0 spiro atoms. The Kier molecular flexibility index (Phi) is 3.17. The van der Waals surface area contributed by atoms with Crippen LogP contribution in [0.3, 0.4) is 0 Å². The molecule has 108 valence electrons. The van der Waals surface area contributed by atoms with E-state index in [0.717, 1.165) is 11.3 Å². The number of fused-ring (bicyclic) bond motifs is 1. The molecule has 7 nitrogen and oxygen atoms in total. The molecule has 0 unspecified atom stereocenters. The Morgan fingerprint density at radius 1 is 1.33 bits per heavy atom. The van der Waals surface area contributed by atoms with Gasteiger partial charge in [-0.05, 0) is 26.0 Å². The van der Waals surface area contributed by atoms with Crippen molar-refractivity contribution < 1.29 is 4.74 Å². The SMILES string of the molecule is CC(C)Oc1nc2c(-c3cccnc3)n(C)nc2c(=O)[nH]1. The number of rotatable bonds is 3. The van der Waals surface area contributed by atoms with Gasteiger partial charge < -0.3 is 4.74 Å². The van der Waals surface area contributed by atoms with E-state index in [2.05, 4.69) is 20.1 Å². The van der Waals surface area contributed by atoms with E-state index in [9.17, 15) is 4.79 Å². The molecule has 3 aromatic rings. The Morgan fingerprint density at radius 3 is 2.81 bits per heavy atom. The van der Waals surface area contributed by atoms with Crippen molar-refractivity contribution in [3.8, 4) is 17.3 Å². The van der Waals surface area contributed by atoms with E-state index in [-0.39, 0.29) is 23.2 Å². The van der Waals surface area contributed by atoms with Gasteiger partial charge in [-0.2, -0.15) is 10.1 Å². The molecule has 0 bridgehead atoms. The number of aryl methyl sites for hydroxylation is 1. The summed E-state index contributed by atoms with van der Waals surface area (Å²) in [6, 6.07) is 3.92. The second-order valence-corrected chi connectivity index (χ2v) is 4.95. The van der Waals surface area contributed by atoms with Crippen LogP contribution in [0.1, 0.15) is 13.8 Å². The van der Waals surface area contributed by atoms with E-state index in [0.29, 0.717) is 5.52 Å². The van der Waals surface area contributed by atoms with Gasteiger partial charge in [-0.15, -0.1) is 0 Å². The summed E-state index contributed by atoms with van der Waals surface area (Å²) in [5.41, 5.74) is 2.05. The van der Waals surface area contributed by atoms with Crippen LogP contribution in [0.2, 0.25) is 0 Å². The number of aromatic amines is 1. The minimum Gasteiger partial charge on any atom is -0.462 e. The average Bonchev–Trinajstić information content (AvgIpc) is 2.76. The Hall–Kier alpha value is -2.70. The predicted octanol–water partition coefficient (Wildman–Crippen LogP) is 1.51. The molecule has 0 saturated heterocycles. The highest BCUT2D eigenvalue weighted by Crippen LogP contribution is 2.25. The van der Waals surface area contributed by atoms with E-state index in [1.807, 2.05) is 26.0 Å². The van der Waals surface area contributed by atoms with Crippen LogP contribution < -0.4 is 10.3 Å². The number of ether oxygens (including phenoxy) is 1. The largest absolute Gasteiger partial charge is 0.462 e. The zero-order valence-electron chi connectivity index (χ0n) is 12.0. The number of aromatic nitrogens is 5. The first kappa shape index (κ1) is 13.3. The van der Waals surface area contributed by atoms with Crippen LogP contribution in [0, 0.1) is 0 Å². The molecule has 0 amide bonds. The van der Waals surface area contributed by atoms with Crippen molar-refractivity contribution in [2.24, 2.45) is 7.05 Å². The van der Waals surface area contributed by atoms with Crippen LogP contribution in [0.5, 0.6) is 6.01 Å². The summed E-state index contributed by atoms with van der Waals surface area (Å²) < 4.78 is 7.11. The molecule has 0 aliphatic carbocycles. The number of nitrogens with zero attached hydrogens (tertiary/aromatic N) is 4. The smallest absolute Gasteiger partial charge is 0.297 e. The molecule has 0 aliphatic heterocycles. The molecular weight excluding hydrogens is 270 g/mol. The molecule has 0 aromatic carbocycles. The Morgan fingerprint density at radius 2 is 2.14 bits per heavy atom. The summed E-state index contributed by atoms with van der Waals surface area (Å²) in [4.78, 5) is 23.2. The van der Waals surface area contributed by atoms with Crippen molar-refractivity contribution in [2.75, 3.05) is 0 Å². The van der Waals surface area contributed by atoms with Crippen LogP contribution in [-0.2, 0) is 7.05 Å². The van der Waals surface area contributed by atoms with Gasteiger partial charge in [-0.1, -0.05) is 0 Å². The molecular formula is C14H15N5O2. The van der Waals surface area contributed by atoms with Crippen molar-refractivity contribution in [2.45, 2.75) is 20.0 Å². The van der Waals surface area contributed by atoms with Gasteiger partial charge in [-0.3, -0.25) is 19.4 Å². The highest BCUT2D eigenvalue weighted by Gasteiger charge is 2.17. The molecule has 0 atom stereocenters. The minimum atomic E-state index is -0.318. The van der Waals surface area contributed by atoms with Gasteiger partial charge in [0.25, 0.3) is 11.6 Å². The number of nitrogens with one attached hydrogen (secondary N) is 1. The molecule has 0 fully saturated rings. The molecule has 0 aliphatic rings. The van der Waals surface area contributed by atoms with E-state index in [1.165, 1.54) is 0 Å². The minimum absolute atomic E-state index is 0.0795. The average molecular weight is 285 g/mol. The van der Waals surface area contributed by atoms with Gasteiger partial charge in [0.2, 0.25) is 0 Å². The Bertz CT molecular complexity index is 836. The lowest BCUT2D eigenvalue weighted by molar-refractivity contribution is 0.222. The number of H-pyrrole nitrogens is 1. The second kappa shape index (κ2) is 5.01. The molecule has 21 heavy (non-hydrogen) atoms. The van der Waals surface area contributed by atoms with Crippen LogP contribution in [0.25, 0.3) is 22.3 Å². The first-order valence-electron chi connectivity index (χ1n) is 6.60. The maximum Gasteiger partial charge on any atom is 0.297 e. The summed E-state index contributed by atoms with van der Waals surface area (Å²) in [6.07, 6.45) is 3.32. The third-order valence-corrected chi connectivity index (χ3v) is 2.95. The normalized spacial score (nSPS) is 11.2. The van der Waals surface area contributed by atoms with E-state index in [1.54, 1.807) is 24.1 Å². The molecule has 3 rings (SSSR count). The zero-order chi connectivity index (χ0) is 15.0. The molecule has 1 N–H and O–H groups in total. The first-order valence-corrected chi connectivity index (χ1v) is 6.60. The van der Waals surface area contributed by atoms with E-state index >= 15 is 0 Å². The van der Waals surface area contributed by atoms with E-state index in [4.69, 9.17) is 4.74 Å². The van der Waals surface area contributed by atoms with Gasteiger partial charge in [-0.25, -0.2) is 0 Å². The van der Waals surface area contributed by atoms with Gasteiger partial charge >= 0.3 is 0 Å². The molecule has 0 saturated carbocycles. The number of pyridine rings is 1. The Labute approximate surface area is 120 Å². The number of hydrogen-bond donors (Lipinski definition) is 1. The lowest BCUT2D eigenvalue weighted by atomic mass is 10.2. The highest BCUT2D eigenvalue weighted by molar-refractivity contribution is 5.89. The lowest BCUT2D eigenvalue weighted by Gasteiger charge is -2.07. The van der Waals surface area contributed by atoms with Crippen LogP contribution in [0.4, 0.5) is 0 Å². The number of hydrogen-bond acceptors (Lipinski definition) is 5. The zero-order valence-corrected chi connectivity index (χ0v) is 12.0. The van der Waals surface area contributed by atoms with Crippen molar-refractivity contribution >= 4 is 11.0 Å². The third-order valence-electron chi connectivity index (χ3n) is 2.95. The van der Waals surface area contributed by atoms with Gasteiger partial charge in [0.1, 0.15) is 5.52 Å². The monoisotopic (exact) mass is 285 g/mol. The van der Waals surface area contributed by atoms with Gasteiger partial charge in [0.15, 0.2) is 5.52 Å². The van der Waals surface area contributed by atoms with Crippen LogP contribution in [-0.4, -0.2) is 30.8 Å². The van der Waals surface area contributed by atoms with Gasteiger partial charge in [0, 0.05) is 25.0 Å². The van der Waals surface area contributed by atoms with Crippen molar-refractivity contribution in [1.29, 1.82) is 0 Å². The highest BCUT2D eigenvalue weighted by atomic mass is 16.5. The fraction of sp³-hybridized carbons (Fsp3) is 0.286. The quantitative estimate of drug-likeness (QED) is 0.788. The fourth-order valence-electron chi connectivity index (χ4n) is 2.16. The summed E-state index contributed by atoms with van der Waals surface area (Å²) in [6.45, 7) is 3.74. The maximum atomic E-state index is 12.1. The molecule has 3 aromatic heterocycles. The second-order valence-electron chi connectivity index (χ2n) is 4.95. The molecule has 3 heterocycles. The summed E-state index contributed by atoms with van der Waals surface area (Å²) in [7, 11) is 1.77. The standard InChI is InChI=1S/C14H15N5O2/c1-8(2)21-14-16-10-11(13(20)17-14)18-19(3)12(10)9-5-4-6-15-7-9/h4-8H,1-3H3,(H,16,17,20). The lowest BCUT2D eigenvalue weighted by Crippen LogP contribution is -2.14. The fourth-order valence-corrected chi connectivity index (χ4v) is 2.16. The third kappa shape index (κ3) is 2.37. The van der Waals surface area contributed by atoms with E-state index < -0.39 is 0 Å². The van der Waals surface area contributed by atoms with Crippen LogP contribution >= 0.6 is 0 Å². The summed E-state index contributed by atoms with van der Waals surface area (Å²) in [5, 5.41) is 4.24. The predicted molar refractivity (Wildman–Crippen MR) is 78.1 cm³/mol. The van der Waals surface area contributed by atoms with Crippen LogP contribution in [0.15, 0.2) is 29.3 Å². The maximum absolute atomic E-state index is 12.1. The van der Waals surface area contributed by atoms with Gasteiger partial charge in [0.05, 0.1) is 11.8 Å². The topological polar surface area (TPSA) is 85.7 Å². The summed E-state index contributed by atoms with van der Waals surface area (Å²) >= 11 is 0. The van der Waals surface area contributed by atoms with Crippen molar-refractivity contribution in [3.05, 3.63) is 34.9 Å². The Balaban J connectivity index is 2.27. The van der Waals surface area contributed by atoms with Crippen molar-refractivity contribution in [1.82, 2.24) is 24.7 Å². The van der Waals surface area contributed by atoms with Crippen molar-refractivity contribution in [3.63, 3.8) is 0 Å². The molecule has 7 heteroatoms. The summed E-state index contributed by atoms with van der Waals surface area (Å²) in [5.74, 6) is 0.